The van der Waals surface area contributed by atoms with E-state index in [1.54, 1.807) is 4.90 Å². The van der Waals surface area contributed by atoms with Gasteiger partial charge in [0.1, 0.15) is 11.9 Å². The van der Waals surface area contributed by atoms with Crippen molar-refractivity contribution < 1.29 is 18.3 Å². The lowest BCUT2D eigenvalue weighted by atomic mass is 10.0. The molecule has 1 amide bonds. The van der Waals surface area contributed by atoms with Gasteiger partial charge < -0.3 is 15.4 Å². The van der Waals surface area contributed by atoms with E-state index in [0.717, 1.165) is 17.7 Å². The van der Waals surface area contributed by atoms with Crippen LogP contribution in [0.1, 0.15) is 18.4 Å². The molecule has 2 N–H and O–H groups in total. The zero-order valence-electron chi connectivity index (χ0n) is 14.4. The van der Waals surface area contributed by atoms with Crippen molar-refractivity contribution in [2.45, 2.75) is 31.4 Å². The summed E-state index contributed by atoms with van der Waals surface area (Å²) in [7, 11) is 0. The fourth-order valence-corrected chi connectivity index (χ4v) is 3.13. The van der Waals surface area contributed by atoms with Gasteiger partial charge in [0.15, 0.2) is 11.6 Å². The van der Waals surface area contributed by atoms with Crippen molar-refractivity contribution >= 4 is 5.91 Å². The van der Waals surface area contributed by atoms with Gasteiger partial charge in [0.25, 0.3) is 0 Å². The second kappa shape index (κ2) is 8.27. The summed E-state index contributed by atoms with van der Waals surface area (Å²) >= 11 is 0. The minimum absolute atomic E-state index is 0.0693. The van der Waals surface area contributed by atoms with Crippen LogP contribution in [-0.2, 0) is 11.2 Å². The minimum Gasteiger partial charge on any atom is -0.490 e. The maximum absolute atomic E-state index is 13.2. The highest BCUT2D eigenvalue weighted by Gasteiger charge is 2.27. The summed E-state index contributed by atoms with van der Waals surface area (Å²) in [5.74, 6) is -1.60. The number of hydrogen-bond acceptors (Lipinski definition) is 3. The zero-order chi connectivity index (χ0) is 18.5. The summed E-state index contributed by atoms with van der Waals surface area (Å²) in [6, 6.07) is 12.6. The van der Waals surface area contributed by atoms with Crippen molar-refractivity contribution in [2.75, 3.05) is 13.1 Å². The van der Waals surface area contributed by atoms with Crippen LogP contribution in [0.3, 0.4) is 0 Å². The van der Waals surface area contributed by atoms with Crippen LogP contribution in [-0.4, -0.2) is 36.0 Å². The number of piperidine rings is 1. The van der Waals surface area contributed by atoms with E-state index in [1.807, 2.05) is 30.3 Å². The molecule has 4 nitrogen and oxygen atoms in total. The Morgan fingerprint density at radius 2 is 1.81 bits per heavy atom. The number of hydrogen-bond donors (Lipinski definition) is 1. The standard InChI is InChI=1S/C20H22F2N2O2/c21-17-7-6-16(13-18(17)22)26-15-8-10-24(11-9-15)20(25)19(23)12-14-4-2-1-3-5-14/h1-7,13,15,19H,8-12,23H2. The number of amides is 1. The van der Waals surface area contributed by atoms with Gasteiger partial charge in [-0.25, -0.2) is 8.78 Å². The maximum atomic E-state index is 13.2. The molecule has 1 atom stereocenters. The van der Waals surface area contributed by atoms with Crippen LogP contribution >= 0.6 is 0 Å². The molecule has 2 aromatic carbocycles. The molecule has 1 unspecified atom stereocenters. The summed E-state index contributed by atoms with van der Waals surface area (Å²) in [5.41, 5.74) is 7.10. The number of benzene rings is 2. The Morgan fingerprint density at radius 3 is 2.46 bits per heavy atom. The van der Waals surface area contributed by atoms with Crippen molar-refractivity contribution in [3.63, 3.8) is 0 Å². The number of carbonyl (C=O) groups excluding carboxylic acids is 1. The van der Waals surface area contributed by atoms with Crippen LogP contribution < -0.4 is 10.5 Å². The quantitative estimate of drug-likeness (QED) is 0.892. The Hall–Kier alpha value is -2.47. The van der Waals surface area contributed by atoms with E-state index in [-0.39, 0.29) is 12.0 Å². The Kier molecular flexibility index (Phi) is 5.83. The summed E-state index contributed by atoms with van der Waals surface area (Å²) in [5, 5.41) is 0. The van der Waals surface area contributed by atoms with Gasteiger partial charge in [-0.05, 0) is 24.1 Å². The average molecular weight is 360 g/mol. The molecule has 0 bridgehead atoms. The van der Waals surface area contributed by atoms with Gasteiger partial charge in [-0.15, -0.1) is 0 Å². The highest BCUT2D eigenvalue weighted by Crippen LogP contribution is 2.21. The highest BCUT2D eigenvalue weighted by molar-refractivity contribution is 5.82. The molecule has 1 saturated heterocycles. The minimum atomic E-state index is -0.929. The molecular weight excluding hydrogens is 338 g/mol. The lowest BCUT2D eigenvalue weighted by molar-refractivity contribution is -0.134. The highest BCUT2D eigenvalue weighted by atomic mass is 19.2. The molecule has 0 aromatic heterocycles. The van der Waals surface area contributed by atoms with E-state index in [0.29, 0.717) is 38.1 Å². The van der Waals surface area contributed by atoms with E-state index in [1.165, 1.54) is 6.07 Å². The number of ether oxygens (including phenoxy) is 1. The summed E-state index contributed by atoms with van der Waals surface area (Å²) < 4.78 is 31.9. The average Bonchev–Trinajstić information content (AvgIpc) is 2.65. The van der Waals surface area contributed by atoms with E-state index in [2.05, 4.69) is 0 Å². The lowest BCUT2D eigenvalue weighted by Gasteiger charge is -2.33. The van der Waals surface area contributed by atoms with Crippen molar-refractivity contribution in [1.82, 2.24) is 4.90 Å². The van der Waals surface area contributed by atoms with E-state index >= 15 is 0 Å². The first kappa shape index (κ1) is 18.3. The van der Waals surface area contributed by atoms with Crippen LogP contribution in [0.4, 0.5) is 8.78 Å². The SMILES string of the molecule is NC(Cc1ccccc1)C(=O)N1CCC(Oc2ccc(F)c(F)c2)CC1. The molecule has 138 valence electrons. The van der Waals surface area contributed by atoms with Crippen LogP contribution in [0.2, 0.25) is 0 Å². The zero-order valence-corrected chi connectivity index (χ0v) is 14.4. The number of nitrogens with zero attached hydrogens (tertiary/aromatic N) is 1. The predicted molar refractivity (Wildman–Crippen MR) is 94.7 cm³/mol. The first-order valence-electron chi connectivity index (χ1n) is 8.73. The van der Waals surface area contributed by atoms with Crippen LogP contribution in [0.5, 0.6) is 5.75 Å². The van der Waals surface area contributed by atoms with Gasteiger partial charge in [0.05, 0.1) is 6.04 Å². The van der Waals surface area contributed by atoms with E-state index in [4.69, 9.17) is 10.5 Å². The first-order chi connectivity index (χ1) is 12.5. The van der Waals surface area contributed by atoms with Gasteiger partial charge in [-0.1, -0.05) is 30.3 Å². The van der Waals surface area contributed by atoms with Crippen molar-refractivity contribution in [2.24, 2.45) is 5.73 Å². The van der Waals surface area contributed by atoms with Gasteiger partial charge in [-0.3, -0.25) is 4.79 Å². The molecule has 3 rings (SSSR count). The van der Waals surface area contributed by atoms with Gasteiger partial charge >= 0.3 is 0 Å². The Labute approximate surface area is 151 Å². The van der Waals surface area contributed by atoms with Crippen LogP contribution in [0.15, 0.2) is 48.5 Å². The Bertz CT molecular complexity index is 747. The molecular formula is C20H22F2N2O2. The van der Waals surface area contributed by atoms with Gasteiger partial charge in [0.2, 0.25) is 5.91 Å². The predicted octanol–water partition coefficient (Wildman–Crippen LogP) is 2.90. The molecule has 6 heteroatoms. The Balaban J connectivity index is 1.49. The molecule has 1 heterocycles. The van der Waals surface area contributed by atoms with Crippen molar-refractivity contribution in [3.8, 4) is 5.75 Å². The number of nitrogens with two attached hydrogens (primary N) is 1. The lowest BCUT2D eigenvalue weighted by Crippen LogP contribution is -2.49. The third-order valence-corrected chi connectivity index (χ3v) is 4.56. The third-order valence-electron chi connectivity index (χ3n) is 4.56. The number of rotatable bonds is 5. The smallest absolute Gasteiger partial charge is 0.239 e. The second-order valence-corrected chi connectivity index (χ2v) is 6.51. The van der Waals surface area contributed by atoms with Crippen LogP contribution in [0, 0.1) is 11.6 Å². The monoisotopic (exact) mass is 360 g/mol. The molecule has 2 aromatic rings. The number of likely N-dealkylation sites (tertiary alicyclic amines) is 1. The molecule has 0 radical (unpaired) electrons. The van der Waals surface area contributed by atoms with Crippen molar-refractivity contribution in [3.05, 3.63) is 65.7 Å². The summed E-state index contributed by atoms with van der Waals surface area (Å²) in [6.07, 6.45) is 1.63. The maximum Gasteiger partial charge on any atom is 0.239 e. The molecule has 1 aliphatic heterocycles. The molecule has 1 aliphatic rings. The van der Waals surface area contributed by atoms with Gasteiger partial charge in [0, 0.05) is 32.0 Å². The molecule has 0 spiro atoms. The first-order valence-corrected chi connectivity index (χ1v) is 8.73. The fourth-order valence-electron chi connectivity index (χ4n) is 3.13. The number of halogens is 2. The largest absolute Gasteiger partial charge is 0.490 e. The normalized spacial score (nSPS) is 16.3. The van der Waals surface area contributed by atoms with Crippen LogP contribution in [0.25, 0.3) is 0 Å². The van der Waals surface area contributed by atoms with Crippen molar-refractivity contribution in [1.29, 1.82) is 0 Å². The fraction of sp³-hybridized carbons (Fsp3) is 0.350. The summed E-state index contributed by atoms with van der Waals surface area (Å²) in [4.78, 5) is 14.3. The molecule has 26 heavy (non-hydrogen) atoms. The Morgan fingerprint density at radius 1 is 1.12 bits per heavy atom. The third kappa shape index (κ3) is 4.58. The van der Waals surface area contributed by atoms with Gasteiger partial charge in [-0.2, -0.15) is 0 Å². The van der Waals surface area contributed by atoms with E-state index in [9.17, 15) is 13.6 Å². The second-order valence-electron chi connectivity index (χ2n) is 6.51. The summed E-state index contributed by atoms with van der Waals surface area (Å²) in [6.45, 7) is 1.07. The topological polar surface area (TPSA) is 55.6 Å². The number of carbonyl (C=O) groups is 1. The van der Waals surface area contributed by atoms with E-state index < -0.39 is 17.7 Å². The molecule has 1 fully saturated rings. The molecule has 0 aliphatic carbocycles. The molecule has 0 saturated carbocycles.